The quantitative estimate of drug-likeness (QED) is 0.690. The van der Waals surface area contributed by atoms with Crippen LogP contribution in [0.4, 0.5) is 5.82 Å². The minimum Gasteiger partial charge on any atom is -0.426 e. The third-order valence-corrected chi connectivity index (χ3v) is 4.12. The molecule has 120 valence electrons. The Labute approximate surface area is 133 Å². The van der Waals surface area contributed by atoms with Crippen molar-refractivity contribution in [2.75, 3.05) is 5.73 Å². The second-order valence-electron chi connectivity index (χ2n) is 4.92. The first-order valence-electron chi connectivity index (χ1n) is 6.98. The van der Waals surface area contributed by atoms with Crippen LogP contribution >= 0.6 is 8.25 Å². The normalized spacial score (nSPS) is 13.8. The fraction of sp³-hybridized carbons (Fsp3) is 0.214. The summed E-state index contributed by atoms with van der Waals surface area (Å²) in [7, 11) is -2.65. The Bertz CT molecular complexity index is 824. The van der Waals surface area contributed by atoms with Crippen molar-refractivity contribution in [1.82, 2.24) is 19.5 Å². The minimum atomic E-state index is -2.65. The van der Waals surface area contributed by atoms with E-state index in [-0.39, 0.29) is 6.10 Å². The molecule has 2 heterocycles. The standard InChI is InChI=1S/C14H16N5O3P/c1-10(21-23(20)22-11-5-3-2-4-6-11)7-19-9-18-12-13(15)16-8-17-14(12)19/h2-6,8-10,23H,7H2,1H3,(H2,15,16,17)/t10-/m1/s1. The number of nitrogens with two attached hydrogens (primary N) is 1. The van der Waals surface area contributed by atoms with Gasteiger partial charge in [0.15, 0.2) is 11.5 Å². The molecule has 0 spiro atoms. The maximum Gasteiger partial charge on any atom is 0.368 e. The van der Waals surface area contributed by atoms with E-state index in [1.807, 2.05) is 6.07 Å². The molecule has 0 saturated heterocycles. The van der Waals surface area contributed by atoms with Crippen molar-refractivity contribution >= 4 is 25.2 Å². The maximum atomic E-state index is 11.9. The Hall–Kier alpha value is -2.44. The molecule has 0 bridgehead atoms. The van der Waals surface area contributed by atoms with E-state index in [1.165, 1.54) is 6.33 Å². The van der Waals surface area contributed by atoms with Crippen LogP contribution < -0.4 is 10.3 Å². The molecule has 23 heavy (non-hydrogen) atoms. The fourth-order valence-electron chi connectivity index (χ4n) is 2.12. The smallest absolute Gasteiger partial charge is 0.368 e. The highest BCUT2D eigenvalue weighted by atomic mass is 31.1. The molecular weight excluding hydrogens is 317 g/mol. The van der Waals surface area contributed by atoms with E-state index in [1.54, 1.807) is 42.1 Å². The summed E-state index contributed by atoms with van der Waals surface area (Å²) in [4.78, 5) is 12.2. The highest BCUT2D eigenvalue weighted by molar-refractivity contribution is 7.33. The van der Waals surface area contributed by atoms with Gasteiger partial charge in [-0.2, -0.15) is 0 Å². The largest absolute Gasteiger partial charge is 0.426 e. The van der Waals surface area contributed by atoms with E-state index in [4.69, 9.17) is 14.8 Å². The first-order chi connectivity index (χ1) is 11.1. The second-order valence-corrected chi connectivity index (χ2v) is 5.86. The van der Waals surface area contributed by atoms with Crippen molar-refractivity contribution in [2.45, 2.75) is 19.6 Å². The number of fused-ring (bicyclic) bond motifs is 1. The van der Waals surface area contributed by atoms with Gasteiger partial charge in [-0.25, -0.2) is 19.5 Å². The maximum absolute atomic E-state index is 11.9. The molecule has 0 aliphatic carbocycles. The zero-order valence-electron chi connectivity index (χ0n) is 12.4. The van der Waals surface area contributed by atoms with Gasteiger partial charge >= 0.3 is 8.25 Å². The van der Waals surface area contributed by atoms with Gasteiger partial charge in [0.1, 0.15) is 17.6 Å². The average Bonchev–Trinajstić information content (AvgIpc) is 2.92. The lowest BCUT2D eigenvalue weighted by Crippen LogP contribution is -2.14. The van der Waals surface area contributed by atoms with E-state index < -0.39 is 8.25 Å². The number of nitrogen functional groups attached to an aromatic ring is 1. The third kappa shape index (κ3) is 3.67. The fourth-order valence-corrected chi connectivity index (χ4v) is 2.90. The Kier molecular flexibility index (Phi) is 4.55. The molecule has 1 unspecified atom stereocenters. The highest BCUT2D eigenvalue weighted by Gasteiger charge is 2.13. The van der Waals surface area contributed by atoms with Gasteiger partial charge in [-0.05, 0) is 19.1 Å². The van der Waals surface area contributed by atoms with Crippen LogP contribution in [0.25, 0.3) is 11.2 Å². The second kappa shape index (κ2) is 6.76. The van der Waals surface area contributed by atoms with Crippen molar-refractivity contribution in [3.8, 4) is 5.75 Å². The Morgan fingerprint density at radius 2 is 2.04 bits per heavy atom. The summed E-state index contributed by atoms with van der Waals surface area (Å²) < 4.78 is 24.4. The van der Waals surface area contributed by atoms with Crippen molar-refractivity contribution in [1.29, 1.82) is 0 Å². The number of aromatic nitrogens is 4. The SMILES string of the molecule is C[C@H](Cn1cnc2c(N)ncnc21)O[PH](=O)Oc1ccccc1. The zero-order chi connectivity index (χ0) is 16.2. The Morgan fingerprint density at radius 3 is 2.83 bits per heavy atom. The molecule has 3 aromatic rings. The topological polar surface area (TPSA) is 105 Å². The van der Waals surface area contributed by atoms with Crippen LogP contribution in [0.5, 0.6) is 5.75 Å². The number of nitrogens with zero attached hydrogens (tertiary/aromatic N) is 4. The molecule has 0 aliphatic heterocycles. The minimum absolute atomic E-state index is 0.323. The van der Waals surface area contributed by atoms with Gasteiger partial charge in [-0.3, -0.25) is 4.52 Å². The Balaban J connectivity index is 1.63. The average molecular weight is 333 g/mol. The van der Waals surface area contributed by atoms with Gasteiger partial charge in [0.25, 0.3) is 0 Å². The lowest BCUT2D eigenvalue weighted by atomic mass is 10.3. The van der Waals surface area contributed by atoms with E-state index >= 15 is 0 Å². The number of hydrogen-bond acceptors (Lipinski definition) is 7. The first kappa shape index (κ1) is 15.5. The monoisotopic (exact) mass is 333 g/mol. The van der Waals surface area contributed by atoms with Gasteiger partial charge in [-0.1, -0.05) is 18.2 Å². The molecule has 1 aromatic carbocycles. The molecule has 0 radical (unpaired) electrons. The van der Waals surface area contributed by atoms with Crippen LogP contribution in [0.15, 0.2) is 43.0 Å². The van der Waals surface area contributed by atoms with Gasteiger partial charge in [0.05, 0.1) is 19.0 Å². The first-order valence-corrected chi connectivity index (χ1v) is 8.21. The zero-order valence-corrected chi connectivity index (χ0v) is 13.4. The van der Waals surface area contributed by atoms with E-state index in [2.05, 4.69) is 15.0 Å². The van der Waals surface area contributed by atoms with Gasteiger partial charge in [0.2, 0.25) is 0 Å². The predicted molar refractivity (Wildman–Crippen MR) is 86.4 cm³/mol. The molecule has 2 aromatic heterocycles. The molecular formula is C14H16N5O3P. The third-order valence-electron chi connectivity index (χ3n) is 3.13. The predicted octanol–water partition coefficient (Wildman–Crippen LogP) is 2.28. The Morgan fingerprint density at radius 1 is 1.26 bits per heavy atom. The van der Waals surface area contributed by atoms with Crippen LogP contribution in [-0.4, -0.2) is 25.6 Å². The number of imidazole rings is 1. The van der Waals surface area contributed by atoms with Crippen LogP contribution in [-0.2, 0) is 15.6 Å². The highest BCUT2D eigenvalue weighted by Crippen LogP contribution is 2.29. The molecule has 0 saturated carbocycles. The summed E-state index contributed by atoms with van der Waals surface area (Å²) in [6.45, 7) is 2.22. The van der Waals surface area contributed by atoms with Crippen molar-refractivity contribution in [3.05, 3.63) is 43.0 Å². The summed E-state index contributed by atoms with van der Waals surface area (Å²) in [6.07, 6.45) is 2.63. The molecule has 9 heteroatoms. The molecule has 8 nitrogen and oxygen atoms in total. The molecule has 3 rings (SSSR count). The number of para-hydroxylation sites is 1. The van der Waals surface area contributed by atoms with Crippen molar-refractivity contribution < 1.29 is 13.6 Å². The summed E-state index contributed by atoms with van der Waals surface area (Å²) in [5, 5.41) is 0. The number of benzene rings is 1. The van der Waals surface area contributed by atoms with Crippen LogP contribution in [0.1, 0.15) is 6.92 Å². The van der Waals surface area contributed by atoms with Crippen LogP contribution in [0.2, 0.25) is 0 Å². The summed E-state index contributed by atoms with van der Waals surface area (Å²) >= 11 is 0. The van der Waals surface area contributed by atoms with E-state index in [0.717, 1.165) is 0 Å². The van der Waals surface area contributed by atoms with Gasteiger partial charge in [0, 0.05) is 0 Å². The molecule has 0 aliphatic rings. The number of rotatable bonds is 6. The lowest BCUT2D eigenvalue weighted by molar-refractivity contribution is 0.190. The van der Waals surface area contributed by atoms with Gasteiger partial charge in [-0.15, -0.1) is 0 Å². The van der Waals surface area contributed by atoms with E-state index in [0.29, 0.717) is 29.3 Å². The van der Waals surface area contributed by atoms with Crippen LogP contribution in [0, 0.1) is 0 Å². The molecule has 0 amide bonds. The number of anilines is 1. The van der Waals surface area contributed by atoms with Crippen LogP contribution in [0.3, 0.4) is 0 Å². The lowest BCUT2D eigenvalue weighted by Gasteiger charge is -2.14. The summed E-state index contributed by atoms with van der Waals surface area (Å²) in [5.41, 5.74) is 6.89. The molecule has 2 atom stereocenters. The van der Waals surface area contributed by atoms with E-state index in [9.17, 15) is 4.57 Å². The molecule has 0 fully saturated rings. The number of hydrogen-bond donors (Lipinski definition) is 1. The van der Waals surface area contributed by atoms with Crippen molar-refractivity contribution in [2.24, 2.45) is 0 Å². The summed E-state index contributed by atoms with van der Waals surface area (Å²) in [5.74, 6) is 0.834. The summed E-state index contributed by atoms with van der Waals surface area (Å²) in [6, 6.07) is 8.90. The van der Waals surface area contributed by atoms with Gasteiger partial charge < -0.3 is 14.8 Å². The molecule has 2 N–H and O–H groups in total. The van der Waals surface area contributed by atoms with Crippen molar-refractivity contribution in [3.63, 3.8) is 0 Å².